The molecule has 2 rings (SSSR count). The van der Waals surface area contributed by atoms with E-state index in [1.54, 1.807) is 0 Å². The molecule has 2 aromatic rings. The summed E-state index contributed by atoms with van der Waals surface area (Å²) in [6, 6.07) is 12.9. The van der Waals surface area contributed by atoms with Gasteiger partial charge in [0.05, 0.1) is 6.61 Å². The second kappa shape index (κ2) is 10.9. The number of unbranched alkanes of at least 4 members (excludes halogenated alkanes) is 4. The summed E-state index contributed by atoms with van der Waals surface area (Å²) in [5, 5.41) is 0. The van der Waals surface area contributed by atoms with Gasteiger partial charge in [-0.1, -0.05) is 57.7 Å². The largest absolute Gasteiger partial charge is 0.494 e. The normalized spacial score (nSPS) is 10.8. The average Bonchev–Trinajstić information content (AvgIpc) is 2.64. The Morgan fingerprint density at radius 2 is 1.50 bits per heavy atom. The van der Waals surface area contributed by atoms with Crippen LogP contribution in [-0.4, -0.2) is 11.6 Å². The molecule has 1 aromatic carbocycles. The van der Waals surface area contributed by atoms with Crippen molar-refractivity contribution in [2.24, 2.45) is 0 Å². The van der Waals surface area contributed by atoms with Crippen LogP contribution in [0.4, 0.5) is 0 Å². The van der Waals surface area contributed by atoms with Gasteiger partial charge in [-0.25, -0.2) is 0 Å². The highest BCUT2D eigenvalue weighted by Gasteiger charge is 1.99. The van der Waals surface area contributed by atoms with Crippen molar-refractivity contribution >= 4 is 0 Å². The molecule has 0 N–H and O–H groups in total. The summed E-state index contributed by atoms with van der Waals surface area (Å²) in [7, 11) is 0. The van der Waals surface area contributed by atoms with E-state index in [0.29, 0.717) is 0 Å². The van der Waals surface area contributed by atoms with Crippen LogP contribution in [0.1, 0.15) is 62.8 Å². The van der Waals surface area contributed by atoms with Crippen molar-refractivity contribution in [2.75, 3.05) is 6.61 Å². The first kappa shape index (κ1) is 18.5. The fraction of sp³-hybridized carbons (Fsp3) is 0.500. The number of aromatic nitrogens is 1. The van der Waals surface area contributed by atoms with Gasteiger partial charge in [-0.15, -0.1) is 0 Å². The van der Waals surface area contributed by atoms with E-state index >= 15 is 0 Å². The molecule has 0 unspecified atom stereocenters. The Morgan fingerprint density at radius 1 is 0.792 bits per heavy atom. The van der Waals surface area contributed by atoms with E-state index in [1.807, 2.05) is 6.20 Å². The highest BCUT2D eigenvalue weighted by molar-refractivity contribution is 5.28. The molecule has 0 atom stereocenters. The minimum atomic E-state index is 0.832. The van der Waals surface area contributed by atoms with Crippen LogP contribution in [-0.2, 0) is 19.3 Å². The second-order valence-corrected chi connectivity index (χ2v) is 6.42. The predicted molar refractivity (Wildman–Crippen MR) is 102 cm³/mol. The molecule has 0 aliphatic heterocycles. The quantitative estimate of drug-likeness (QED) is 0.489. The van der Waals surface area contributed by atoms with Crippen molar-refractivity contribution in [2.45, 2.75) is 65.2 Å². The van der Waals surface area contributed by atoms with E-state index in [9.17, 15) is 0 Å². The van der Waals surface area contributed by atoms with Gasteiger partial charge < -0.3 is 4.74 Å². The molecule has 0 aliphatic carbocycles. The van der Waals surface area contributed by atoms with E-state index in [1.165, 1.54) is 36.8 Å². The van der Waals surface area contributed by atoms with Crippen molar-refractivity contribution in [3.63, 3.8) is 0 Å². The summed E-state index contributed by atoms with van der Waals surface area (Å²) in [6.45, 7) is 5.21. The summed E-state index contributed by atoms with van der Waals surface area (Å²) in [6.07, 6.45) is 11.5. The first-order valence-electron chi connectivity index (χ1n) is 9.47. The van der Waals surface area contributed by atoms with Gasteiger partial charge >= 0.3 is 0 Å². The first-order chi connectivity index (χ1) is 11.8. The van der Waals surface area contributed by atoms with Gasteiger partial charge in [0.2, 0.25) is 0 Å². The topological polar surface area (TPSA) is 22.1 Å². The van der Waals surface area contributed by atoms with E-state index in [4.69, 9.17) is 4.74 Å². The standard InChI is InChI=1S/C22H31NO/c1-3-5-6-7-8-17-24-22-15-12-19(13-16-22)9-10-20-11-14-21(4-2)23-18-20/h11-16,18H,3-10,17H2,1-2H3. The molecule has 2 heteroatoms. The van der Waals surface area contributed by atoms with Crippen LogP contribution >= 0.6 is 0 Å². The average molecular weight is 325 g/mol. The molecule has 0 aliphatic rings. The Hall–Kier alpha value is -1.83. The zero-order chi connectivity index (χ0) is 17.0. The van der Waals surface area contributed by atoms with Gasteiger partial charge in [0.25, 0.3) is 0 Å². The molecule has 130 valence electrons. The van der Waals surface area contributed by atoms with Crippen LogP contribution in [0.5, 0.6) is 5.75 Å². The SMILES string of the molecule is CCCCCCCOc1ccc(CCc2ccc(CC)nc2)cc1. The lowest BCUT2D eigenvalue weighted by Gasteiger charge is -2.07. The van der Waals surface area contributed by atoms with E-state index in [0.717, 1.165) is 43.7 Å². The number of ether oxygens (including phenoxy) is 1. The van der Waals surface area contributed by atoms with Crippen LogP contribution < -0.4 is 4.74 Å². The van der Waals surface area contributed by atoms with Gasteiger partial charge in [-0.05, 0) is 55.0 Å². The zero-order valence-corrected chi connectivity index (χ0v) is 15.3. The molecular weight excluding hydrogens is 294 g/mol. The van der Waals surface area contributed by atoms with Crippen LogP contribution in [0.3, 0.4) is 0 Å². The third kappa shape index (κ3) is 6.74. The Kier molecular flexibility index (Phi) is 8.37. The van der Waals surface area contributed by atoms with E-state index in [2.05, 4.69) is 55.2 Å². The fourth-order valence-corrected chi connectivity index (χ4v) is 2.75. The maximum absolute atomic E-state index is 5.82. The molecule has 0 amide bonds. The lowest BCUT2D eigenvalue weighted by molar-refractivity contribution is 0.304. The number of hydrogen-bond donors (Lipinski definition) is 0. The molecule has 0 fully saturated rings. The van der Waals surface area contributed by atoms with Crippen molar-refractivity contribution in [1.29, 1.82) is 0 Å². The monoisotopic (exact) mass is 325 g/mol. The van der Waals surface area contributed by atoms with Gasteiger partial charge in [0.15, 0.2) is 0 Å². The maximum Gasteiger partial charge on any atom is 0.119 e. The summed E-state index contributed by atoms with van der Waals surface area (Å²) in [5.74, 6) is 0.989. The molecule has 1 aromatic heterocycles. The first-order valence-corrected chi connectivity index (χ1v) is 9.47. The Morgan fingerprint density at radius 3 is 2.17 bits per heavy atom. The predicted octanol–water partition coefficient (Wildman–Crippen LogP) is 5.78. The molecule has 1 heterocycles. The number of nitrogens with zero attached hydrogens (tertiary/aromatic N) is 1. The van der Waals surface area contributed by atoms with Crippen molar-refractivity contribution < 1.29 is 4.74 Å². The molecule has 2 nitrogen and oxygen atoms in total. The van der Waals surface area contributed by atoms with Gasteiger partial charge in [0, 0.05) is 11.9 Å². The van der Waals surface area contributed by atoms with Crippen LogP contribution in [0.2, 0.25) is 0 Å². The van der Waals surface area contributed by atoms with Crippen molar-refractivity contribution in [1.82, 2.24) is 4.98 Å². The third-order valence-corrected chi connectivity index (χ3v) is 4.39. The summed E-state index contributed by atoms with van der Waals surface area (Å²) in [5.41, 5.74) is 3.82. The van der Waals surface area contributed by atoms with Gasteiger partial charge in [-0.3, -0.25) is 4.98 Å². The Bertz CT molecular complexity index is 560. The maximum atomic E-state index is 5.82. The third-order valence-electron chi connectivity index (χ3n) is 4.39. The van der Waals surface area contributed by atoms with Gasteiger partial charge in [0.1, 0.15) is 5.75 Å². The highest BCUT2D eigenvalue weighted by atomic mass is 16.5. The molecule has 0 saturated heterocycles. The van der Waals surface area contributed by atoms with E-state index < -0.39 is 0 Å². The number of pyridine rings is 1. The minimum Gasteiger partial charge on any atom is -0.494 e. The zero-order valence-electron chi connectivity index (χ0n) is 15.3. The smallest absolute Gasteiger partial charge is 0.119 e. The van der Waals surface area contributed by atoms with Crippen LogP contribution in [0.25, 0.3) is 0 Å². The van der Waals surface area contributed by atoms with Crippen LogP contribution in [0, 0.1) is 0 Å². The number of benzene rings is 1. The lowest BCUT2D eigenvalue weighted by Crippen LogP contribution is -1.98. The lowest BCUT2D eigenvalue weighted by atomic mass is 10.1. The Balaban J connectivity index is 1.69. The minimum absolute atomic E-state index is 0.832. The molecule has 0 bridgehead atoms. The molecule has 0 saturated carbocycles. The fourth-order valence-electron chi connectivity index (χ4n) is 2.75. The number of rotatable bonds is 11. The summed E-state index contributed by atoms with van der Waals surface area (Å²) < 4.78 is 5.82. The van der Waals surface area contributed by atoms with Gasteiger partial charge in [-0.2, -0.15) is 0 Å². The second-order valence-electron chi connectivity index (χ2n) is 6.42. The number of hydrogen-bond acceptors (Lipinski definition) is 2. The molecule has 24 heavy (non-hydrogen) atoms. The molecule has 0 radical (unpaired) electrons. The van der Waals surface area contributed by atoms with Crippen molar-refractivity contribution in [3.05, 3.63) is 59.4 Å². The van der Waals surface area contributed by atoms with Crippen molar-refractivity contribution in [3.8, 4) is 5.75 Å². The Labute approximate surface area is 147 Å². The van der Waals surface area contributed by atoms with E-state index in [-0.39, 0.29) is 0 Å². The molecular formula is C22H31NO. The number of aryl methyl sites for hydroxylation is 3. The summed E-state index contributed by atoms with van der Waals surface area (Å²) in [4.78, 5) is 4.46. The summed E-state index contributed by atoms with van der Waals surface area (Å²) >= 11 is 0. The molecule has 0 spiro atoms. The van der Waals surface area contributed by atoms with Crippen LogP contribution in [0.15, 0.2) is 42.6 Å². The highest BCUT2D eigenvalue weighted by Crippen LogP contribution is 2.15.